The average Bonchev–Trinajstić information content (AvgIpc) is 2.18. The summed E-state index contributed by atoms with van der Waals surface area (Å²) in [6.45, 7) is 1.38. The quantitative estimate of drug-likeness (QED) is 0.748. The molecule has 5 heteroatoms. The summed E-state index contributed by atoms with van der Waals surface area (Å²) in [5.74, 6) is -2.07. The van der Waals surface area contributed by atoms with Gasteiger partial charge in [0.05, 0.1) is 5.97 Å². The largest absolute Gasteiger partial charge is 0.545 e. The zero-order valence-corrected chi connectivity index (χ0v) is 7.97. The van der Waals surface area contributed by atoms with E-state index in [1.54, 1.807) is 0 Å². The molecule has 0 aliphatic rings. The van der Waals surface area contributed by atoms with Crippen molar-refractivity contribution in [1.82, 2.24) is 0 Å². The third kappa shape index (κ3) is 2.98. The maximum Gasteiger partial charge on any atom is 0.344 e. The molecule has 0 amide bonds. The number of carbonyl (C=O) groups is 2. The van der Waals surface area contributed by atoms with E-state index in [4.69, 9.17) is 9.84 Å². The lowest BCUT2D eigenvalue weighted by molar-refractivity contribution is -0.255. The highest BCUT2D eigenvalue weighted by Crippen LogP contribution is 2.13. The number of rotatable bonds is 4. The van der Waals surface area contributed by atoms with Gasteiger partial charge < -0.3 is 19.7 Å². The molecule has 0 heterocycles. The van der Waals surface area contributed by atoms with Crippen LogP contribution in [0.1, 0.15) is 17.3 Å². The van der Waals surface area contributed by atoms with Crippen LogP contribution in [0.2, 0.25) is 0 Å². The fourth-order valence-electron chi connectivity index (χ4n) is 0.924. The van der Waals surface area contributed by atoms with E-state index in [0.717, 1.165) is 0 Å². The van der Waals surface area contributed by atoms with E-state index in [-0.39, 0.29) is 5.56 Å². The summed E-state index contributed by atoms with van der Waals surface area (Å²) in [4.78, 5) is 20.8. The number of carboxylic acid groups (broad SMARTS) is 2. The van der Waals surface area contributed by atoms with Crippen LogP contribution in [0, 0.1) is 0 Å². The first-order chi connectivity index (χ1) is 7.00. The number of hydrogen-bond donors (Lipinski definition) is 1. The molecule has 0 spiro atoms. The third-order valence-electron chi connectivity index (χ3n) is 1.75. The minimum absolute atomic E-state index is 0.0188. The molecule has 0 saturated heterocycles. The van der Waals surface area contributed by atoms with Crippen LogP contribution < -0.4 is 9.84 Å². The number of hydrogen-bond acceptors (Lipinski definition) is 4. The molecular weight excluding hydrogens is 200 g/mol. The Morgan fingerprint density at radius 3 is 2.27 bits per heavy atom. The lowest BCUT2D eigenvalue weighted by Crippen LogP contribution is -2.23. The Bertz CT molecular complexity index is 368. The van der Waals surface area contributed by atoms with Gasteiger partial charge in [0.15, 0.2) is 6.10 Å². The van der Waals surface area contributed by atoms with Crippen LogP contribution in [0.25, 0.3) is 0 Å². The van der Waals surface area contributed by atoms with Gasteiger partial charge in [-0.25, -0.2) is 4.79 Å². The van der Waals surface area contributed by atoms with Gasteiger partial charge in [-0.2, -0.15) is 0 Å². The van der Waals surface area contributed by atoms with Gasteiger partial charge in [-0.05, 0) is 36.8 Å². The van der Waals surface area contributed by atoms with Crippen LogP contribution in [-0.2, 0) is 4.79 Å². The van der Waals surface area contributed by atoms with Gasteiger partial charge in [0.25, 0.3) is 0 Å². The Morgan fingerprint density at radius 1 is 1.33 bits per heavy atom. The van der Waals surface area contributed by atoms with Crippen molar-refractivity contribution in [2.45, 2.75) is 13.0 Å². The Morgan fingerprint density at radius 2 is 1.87 bits per heavy atom. The van der Waals surface area contributed by atoms with Crippen molar-refractivity contribution >= 4 is 11.9 Å². The van der Waals surface area contributed by atoms with Crippen molar-refractivity contribution in [3.8, 4) is 5.75 Å². The van der Waals surface area contributed by atoms with Crippen LogP contribution in [0.15, 0.2) is 24.3 Å². The molecule has 1 N–H and O–H groups in total. The summed E-state index contributed by atoms with van der Waals surface area (Å²) in [6.07, 6.45) is -0.973. The summed E-state index contributed by atoms with van der Waals surface area (Å²) in [5, 5.41) is 19.0. The highest BCUT2D eigenvalue weighted by molar-refractivity contribution is 5.85. The van der Waals surface area contributed by atoms with Crippen molar-refractivity contribution in [1.29, 1.82) is 0 Å². The van der Waals surface area contributed by atoms with E-state index in [0.29, 0.717) is 5.75 Å². The molecule has 0 aliphatic heterocycles. The molecule has 1 aromatic carbocycles. The molecule has 0 bridgehead atoms. The highest BCUT2D eigenvalue weighted by Gasteiger charge is 2.11. The van der Waals surface area contributed by atoms with Gasteiger partial charge in [-0.15, -0.1) is 0 Å². The molecule has 1 atom stereocenters. The second kappa shape index (κ2) is 4.45. The van der Waals surface area contributed by atoms with Crippen LogP contribution in [-0.4, -0.2) is 23.1 Å². The molecule has 0 saturated carbocycles. The van der Waals surface area contributed by atoms with Gasteiger partial charge >= 0.3 is 5.97 Å². The fourth-order valence-corrected chi connectivity index (χ4v) is 0.924. The van der Waals surface area contributed by atoms with Crippen molar-refractivity contribution in [3.05, 3.63) is 29.8 Å². The van der Waals surface area contributed by atoms with Gasteiger partial charge in [0, 0.05) is 0 Å². The molecule has 80 valence electrons. The maximum atomic E-state index is 10.4. The van der Waals surface area contributed by atoms with E-state index in [1.807, 2.05) is 0 Å². The second-order valence-corrected chi connectivity index (χ2v) is 2.91. The third-order valence-corrected chi connectivity index (χ3v) is 1.75. The Hall–Kier alpha value is -2.04. The monoisotopic (exact) mass is 209 g/mol. The number of carbonyl (C=O) groups excluding carboxylic acids is 1. The van der Waals surface area contributed by atoms with Gasteiger partial charge in [-0.3, -0.25) is 0 Å². The summed E-state index contributed by atoms with van der Waals surface area (Å²) in [7, 11) is 0. The Labute approximate surface area is 85.9 Å². The number of aliphatic carboxylic acids is 1. The Kier molecular flexibility index (Phi) is 3.28. The zero-order chi connectivity index (χ0) is 11.4. The van der Waals surface area contributed by atoms with E-state index < -0.39 is 18.0 Å². The summed E-state index contributed by atoms with van der Waals surface area (Å²) < 4.78 is 5.00. The van der Waals surface area contributed by atoms with Gasteiger partial charge in [0.2, 0.25) is 0 Å². The van der Waals surface area contributed by atoms with Crippen LogP contribution in [0.5, 0.6) is 5.75 Å². The molecule has 5 nitrogen and oxygen atoms in total. The number of ether oxygens (including phenoxy) is 1. The molecule has 0 radical (unpaired) electrons. The Balaban J connectivity index is 2.72. The minimum atomic E-state index is -1.28. The average molecular weight is 209 g/mol. The molecule has 1 aromatic rings. The van der Waals surface area contributed by atoms with Crippen LogP contribution in [0.4, 0.5) is 0 Å². The highest BCUT2D eigenvalue weighted by atomic mass is 16.5. The van der Waals surface area contributed by atoms with E-state index in [1.165, 1.54) is 31.2 Å². The second-order valence-electron chi connectivity index (χ2n) is 2.91. The standard InChI is InChI=1S/C10H10O5/c1-6(9(11)12)15-8-4-2-7(3-5-8)10(13)14/h2-6H,1H3,(H,11,12)(H,13,14)/p-1. The van der Waals surface area contributed by atoms with E-state index in [9.17, 15) is 14.7 Å². The summed E-state index contributed by atoms with van der Waals surface area (Å²) in [6, 6.07) is 5.34. The predicted octanol–water partition coefficient (Wildman–Crippen LogP) is -0.0980. The van der Waals surface area contributed by atoms with Gasteiger partial charge in [-0.1, -0.05) is 0 Å². The number of aromatic carboxylic acids is 1. The molecule has 0 aliphatic carbocycles. The van der Waals surface area contributed by atoms with Crippen molar-refractivity contribution in [2.24, 2.45) is 0 Å². The van der Waals surface area contributed by atoms with E-state index in [2.05, 4.69) is 0 Å². The molecule has 0 fully saturated rings. The molecule has 0 aromatic heterocycles. The fraction of sp³-hybridized carbons (Fsp3) is 0.200. The van der Waals surface area contributed by atoms with Crippen molar-refractivity contribution < 1.29 is 24.5 Å². The number of benzene rings is 1. The molecule has 1 rings (SSSR count). The van der Waals surface area contributed by atoms with E-state index >= 15 is 0 Å². The lowest BCUT2D eigenvalue weighted by atomic mass is 10.2. The van der Waals surface area contributed by atoms with Crippen LogP contribution >= 0.6 is 0 Å². The van der Waals surface area contributed by atoms with Gasteiger partial charge in [0.1, 0.15) is 5.75 Å². The first-order valence-electron chi connectivity index (χ1n) is 4.21. The SMILES string of the molecule is CC(Oc1ccc(C(=O)[O-])cc1)C(=O)O. The maximum absolute atomic E-state index is 10.4. The molecular formula is C10H9O5-. The molecule has 15 heavy (non-hydrogen) atoms. The minimum Gasteiger partial charge on any atom is -0.545 e. The first kappa shape index (κ1) is 11.0. The topological polar surface area (TPSA) is 86.7 Å². The van der Waals surface area contributed by atoms with Crippen molar-refractivity contribution in [3.63, 3.8) is 0 Å². The normalized spacial score (nSPS) is 11.8. The zero-order valence-electron chi connectivity index (χ0n) is 7.97. The summed E-state index contributed by atoms with van der Waals surface area (Å²) in [5.41, 5.74) is 0.0188. The lowest BCUT2D eigenvalue weighted by Gasteiger charge is -2.10. The smallest absolute Gasteiger partial charge is 0.344 e. The molecule has 1 unspecified atom stereocenters. The summed E-state index contributed by atoms with van der Waals surface area (Å²) >= 11 is 0. The van der Waals surface area contributed by atoms with Crippen LogP contribution in [0.3, 0.4) is 0 Å². The first-order valence-corrected chi connectivity index (χ1v) is 4.21. The number of carboxylic acids is 2. The predicted molar refractivity (Wildman–Crippen MR) is 48.5 cm³/mol. The van der Waals surface area contributed by atoms with Crippen molar-refractivity contribution in [2.75, 3.05) is 0 Å².